The van der Waals surface area contributed by atoms with Crippen molar-refractivity contribution in [3.63, 3.8) is 0 Å². The summed E-state index contributed by atoms with van der Waals surface area (Å²) in [6.45, 7) is 7.08. The fraction of sp³-hybridized carbons (Fsp3) is 1.00. The molecule has 1 rings (SSSR count). The highest BCUT2D eigenvalue weighted by Crippen LogP contribution is 2.41. The van der Waals surface area contributed by atoms with Crippen molar-refractivity contribution in [2.24, 2.45) is 11.3 Å². The molecule has 0 aromatic rings. The number of methoxy groups -OCH3 is 1. The van der Waals surface area contributed by atoms with E-state index in [0.29, 0.717) is 17.6 Å². The third-order valence-electron chi connectivity index (χ3n) is 4.48. The topological polar surface area (TPSA) is 21.3 Å². The molecule has 0 aliphatic heterocycles. The first-order valence-electron chi connectivity index (χ1n) is 6.25. The molecule has 0 aromatic carbocycles. The maximum absolute atomic E-state index is 5.60. The van der Waals surface area contributed by atoms with E-state index >= 15 is 0 Å². The van der Waals surface area contributed by atoms with E-state index in [1.807, 2.05) is 14.2 Å². The molecule has 1 aliphatic rings. The zero-order valence-electron chi connectivity index (χ0n) is 11.0. The third-order valence-corrected chi connectivity index (χ3v) is 4.48. The molecule has 3 atom stereocenters. The minimum atomic E-state index is 0.402. The van der Waals surface area contributed by atoms with Crippen LogP contribution in [0.3, 0.4) is 0 Å². The summed E-state index contributed by atoms with van der Waals surface area (Å²) in [5, 5.41) is 3.37. The van der Waals surface area contributed by atoms with E-state index in [9.17, 15) is 0 Å². The van der Waals surface area contributed by atoms with Gasteiger partial charge in [0.15, 0.2) is 0 Å². The number of ether oxygens (including phenoxy) is 1. The van der Waals surface area contributed by atoms with Crippen molar-refractivity contribution >= 4 is 0 Å². The first-order valence-corrected chi connectivity index (χ1v) is 6.25. The van der Waals surface area contributed by atoms with Crippen molar-refractivity contribution in [1.82, 2.24) is 5.32 Å². The van der Waals surface area contributed by atoms with Gasteiger partial charge in [-0.3, -0.25) is 0 Å². The molecule has 90 valence electrons. The number of likely N-dealkylation sites (N-methyl/N-ethyl adjacent to an activating group) is 1. The lowest BCUT2D eigenvalue weighted by molar-refractivity contribution is -0.00377. The second-order valence-electron chi connectivity index (χ2n) is 5.52. The summed E-state index contributed by atoms with van der Waals surface area (Å²) < 4.78 is 5.60. The van der Waals surface area contributed by atoms with Crippen LogP contribution in [0.1, 0.15) is 46.5 Å². The van der Waals surface area contributed by atoms with Gasteiger partial charge in [0.05, 0.1) is 6.10 Å². The molecule has 1 fully saturated rings. The Bertz CT molecular complexity index is 191. The van der Waals surface area contributed by atoms with E-state index in [1.54, 1.807) is 0 Å². The van der Waals surface area contributed by atoms with E-state index in [4.69, 9.17) is 4.74 Å². The van der Waals surface area contributed by atoms with Gasteiger partial charge in [-0.15, -0.1) is 0 Å². The average Bonchev–Trinajstić information content (AvgIpc) is 2.28. The van der Waals surface area contributed by atoms with E-state index in [-0.39, 0.29) is 0 Å². The fourth-order valence-corrected chi connectivity index (χ4v) is 2.72. The monoisotopic (exact) mass is 213 g/mol. The Hall–Kier alpha value is -0.0800. The maximum Gasteiger partial charge on any atom is 0.0727 e. The van der Waals surface area contributed by atoms with Gasteiger partial charge in [-0.1, -0.05) is 27.2 Å². The molecule has 0 aromatic heterocycles. The van der Waals surface area contributed by atoms with Gasteiger partial charge >= 0.3 is 0 Å². The Morgan fingerprint density at radius 3 is 2.47 bits per heavy atom. The van der Waals surface area contributed by atoms with Gasteiger partial charge in [-0.2, -0.15) is 0 Å². The molecule has 15 heavy (non-hydrogen) atoms. The largest absolute Gasteiger partial charge is 0.380 e. The minimum absolute atomic E-state index is 0.402. The van der Waals surface area contributed by atoms with Gasteiger partial charge in [0.1, 0.15) is 0 Å². The van der Waals surface area contributed by atoms with Crippen LogP contribution in [0.2, 0.25) is 0 Å². The zero-order chi connectivity index (χ0) is 11.5. The molecule has 2 heteroatoms. The highest BCUT2D eigenvalue weighted by atomic mass is 16.5. The molecule has 1 N–H and O–H groups in total. The predicted octanol–water partition coefficient (Wildman–Crippen LogP) is 2.83. The molecule has 2 nitrogen and oxygen atoms in total. The predicted molar refractivity (Wildman–Crippen MR) is 65.1 cm³/mol. The molecule has 1 aliphatic carbocycles. The zero-order valence-corrected chi connectivity index (χ0v) is 11.0. The summed E-state index contributed by atoms with van der Waals surface area (Å²) in [6.07, 6.45) is 5.47. The van der Waals surface area contributed by atoms with Crippen LogP contribution in [0, 0.1) is 11.3 Å². The Morgan fingerprint density at radius 2 is 2.00 bits per heavy atom. The Labute approximate surface area is 94.8 Å². The van der Waals surface area contributed by atoms with Gasteiger partial charge in [-0.25, -0.2) is 0 Å². The maximum atomic E-state index is 5.60. The number of rotatable bonds is 4. The second-order valence-corrected chi connectivity index (χ2v) is 5.52. The van der Waals surface area contributed by atoms with Crippen LogP contribution in [0.5, 0.6) is 0 Å². The van der Waals surface area contributed by atoms with E-state index in [1.165, 1.54) is 25.7 Å². The molecular formula is C13H27NO. The van der Waals surface area contributed by atoms with Gasteiger partial charge in [0.25, 0.3) is 0 Å². The summed E-state index contributed by atoms with van der Waals surface area (Å²) in [5.74, 6) is 0.817. The quantitative estimate of drug-likeness (QED) is 0.775. The van der Waals surface area contributed by atoms with Crippen molar-refractivity contribution in [1.29, 1.82) is 0 Å². The van der Waals surface area contributed by atoms with Crippen molar-refractivity contribution in [3.05, 3.63) is 0 Å². The standard InChI is InChI=1S/C13H27NO/c1-6-13(2,3)10-7-8-11(14-4)12(9-10)15-5/h10-12,14H,6-9H2,1-5H3. The molecule has 0 amide bonds. The molecule has 0 spiro atoms. The smallest absolute Gasteiger partial charge is 0.0727 e. The highest BCUT2D eigenvalue weighted by Gasteiger charge is 2.36. The normalized spacial score (nSPS) is 33.0. The molecular weight excluding hydrogens is 186 g/mol. The fourth-order valence-electron chi connectivity index (χ4n) is 2.72. The summed E-state index contributed by atoms with van der Waals surface area (Å²) in [6, 6.07) is 0.555. The van der Waals surface area contributed by atoms with Crippen LogP contribution in [0.15, 0.2) is 0 Å². The van der Waals surface area contributed by atoms with Crippen molar-refractivity contribution in [2.75, 3.05) is 14.2 Å². The van der Waals surface area contributed by atoms with Crippen LogP contribution in [-0.2, 0) is 4.74 Å². The van der Waals surface area contributed by atoms with Crippen LogP contribution in [0.25, 0.3) is 0 Å². The van der Waals surface area contributed by atoms with Gasteiger partial charge in [-0.05, 0) is 37.6 Å². The SMILES string of the molecule is CCC(C)(C)C1CCC(NC)C(OC)C1. The first-order chi connectivity index (χ1) is 7.05. The number of nitrogens with one attached hydrogen (secondary N) is 1. The summed E-state index contributed by atoms with van der Waals surface area (Å²) in [4.78, 5) is 0. The van der Waals surface area contributed by atoms with Gasteiger partial charge in [0.2, 0.25) is 0 Å². The van der Waals surface area contributed by atoms with Crippen molar-refractivity contribution in [3.8, 4) is 0 Å². The van der Waals surface area contributed by atoms with Gasteiger partial charge < -0.3 is 10.1 Å². The number of hydrogen-bond acceptors (Lipinski definition) is 2. The lowest BCUT2D eigenvalue weighted by Crippen LogP contribution is -2.46. The Morgan fingerprint density at radius 1 is 1.33 bits per heavy atom. The third kappa shape index (κ3) is 2.94. The number of hydrogen-bond donors (Lipinski definition) is 1. The average molecular weight is 213 g/mol. The first kappa shape index (κ1) is 13.0. The molecule has 1 saturated carbocycles. The lowest BCUT2D eigenvalue weighted by atomic mass is 9.68. The molecule has 0 saturated heterocycles. The second kappa shape index (κ2) is 5.31. The Kier molecular flexibility index (Phi) is 4.60. The van der Waals surface area contributed by atoms with Crippen LogP contribution in [0.4, 0.5) is 0 Å². The van der Waals surface area contributed by atoms with Gasteiger partial charge in [0, 0.05) is 13.2 Å². The van der Waals surface area contributed by atoms with Crippen molar-refractivity contribution < 1.29 is 4.74 Å². The van der Waals surface area contributed by atoms with Crippen molar-refractivity contribution in [2.45, 2.75) is 58.6 Å². The lowest BCUT2D eigenvalue weighted by Gasteiger charge is -2.42. The minimum Gasteiger partial charge on any atom is -0.380 e. The molecule has 0 radical (unpaired) electrons. The van der Waals surface area contributed by atoms with Crippen LogP contribution >= 0.6 is 0 Å². The summed E-state index contributed by atoms with van der Waals surface area (Å²) in [5.41, 5.74) is 0.468. The molecule has 0 heterocycles. The highest BCUT2D eigenvalue weighted by molar-refractivity contribution is 4.90. The summed E-state index contributed by atoms with van der Waals surface area (Å²) >= 11 is 0. The van der Waals surface area contributed by atoms with E-state index < -0.39 is 0 Å². The molecule has 0 bridgehead atoms. The van der Waals surface area contributed by atoms with Crippen LogP contribution in [-0.4, -0.2) is 26.3 Å². The van der Waals surface area contributed by atoms with Crippen LogP contribution < -0.4 is 5.32 Å². The Balaban J connectivity index is 2.60. The van der Waals surface area contributed by atoms with E-state index in [0.717, 1.165) is 5.92 Å². The van der Waals surface area contributed by atoms with E-state index in [2.05, 4.69) is 26.1 Å². The summed E-state index contributed by atoms with van der Waals surface area (Å²) in [7, 11) is 3.89. The molecule has 3 unspecified atom stereocenters.